The fourth-order valence-electron chi connectivity index (χ4n) is 4.13. The number of carbonyl (C=O) groups is 2. The summed E-state index contributed by atoms with van der Waals surface area (Å²) in [6.45, 7) is 2.31. The number of hydrogen-bond acceptors (Lipinski definition) is 8. The van der Waals surface area contributed by atoms with Crippen LogP contribution in [0.1, 0.15) is 29.7 Å². The molecule has 1 aromatic heterocycles. The number of anilines is 1. The molecular formula is C28H21Cl2N3O4S2. The molecule has 0 saturated carbocycles. The molecule has 1 unspecified atom stereocenters. The molecule has 1 amide bonds. The number of ketones is 1. The number of nitrogens with zero attached hydrogens (tertiary/aromatic N) is 3. The van der Waals surface area contributed by atoms with Crippen molar-refractivity contribution in [2.24, 2.45) is 0 Å². The number of aliphatic hydroxyl groups excluding tert-OH is 1. The minimum absolute atomic E-state index is 0.0541. The number of benzene rings is 3. The minimum Gasteiger partial charge on any atom is -0.507 e. The Kier molecular flexibility index (Phi) is 8.23. The van der Waals surface area contributed by atoms with E-state index in [1.165, 1.54) is 28.0 Å². The van der Waals surface area contributed by atoms with Crippen LogP contribution in [0.25, 0.3) is 5.76 Å². The van der Waals surface area contributed by atoms with Crippen LogP contribution in [0.3, 0.4) is 0 Å². The van der Waals surface area contributed by atoms with E-state index in [-0.39, 0.29) is 16.5 Å². The number of aromatic nitrogens is 2. The summed E-state index contributed by atoms with van der Waals surface area (Å²) in [6.07, 6.45) is 0. The van der Waals surface area contributed by atoms with Gasteiger partial charge in [0.1, 0.15) is 11.5 Å². The van der Waals surface area contributed by atoms with Crippen molar-refractivity contribution in [1.29, 1.82) is 0 Å². The Hall–Kier alpha value is -3.37. The molecule has 1 atom stereocenters. The first kappa shape index (κ1) is 27.2. The third kappa shape index (κ3) is 5.81. The number of amides is 1. The van der Waals surface area contributed by atoms with E-state index < -0.39 is 17.7 Å². The van der Waals surface area contributed by atoms with E-state index in [2.05, 4.69) is 10.2 Å². The Labute approximate surface area is 243 Å². The number of rotatable bonds is 8. The average Bonchev–Trinajstić information content (AvgIpc) is 3.51. The molecule has 198 valence electrons. The van der Waals surface area contributed by atoms with Crippen LogP contribution in [-0.2, 0) is 15.3 Å². The summed E-state index contributed by atoms with van der Waals surface area (Å²) in [5.74, 6) is -0.728. The summed E-state index contributed by atoms with van der Waals surface area (Å²) in [6, 6.07) is 20.0. The fraction of sp³-hybridized carbons (Fsp3) is 0.143. The van der Waals surface area contributed by atoms with Gasteiger partial charge in [0.05, 0.1) is 18.2 Å². The zero-order chi connectivity index (χ0) is 27.5. The molecule has 3 aromatic carbocycles. The van der Waals surface area contributed by atoms with Gasteiger partial charge in [0, 0.05) is 21.4 Å². The second kappa shape index (κ2) is 11.8. The van der Waals surface area contributed by atoms with Crippen molar-refractivity contribution in [2.75, 3.05) is 11.5 Å². The highest BCUT2D eigenvalue weighted by Gasteiger charge is 2.48. The predicted molar refractivity (Wildman–Crippen MR) is 155 cm³/mol. The molecule has 0 radical (unpaired) electrons. The Bertz CT molecular complexity index is 1560. The molecule has 0 bridgehead atoms. The molecule has 1 aliphatic rings. The molecular weight excluding hydrogens is 577 g/mol. The highest BCUT2D eigenvalue weighted by atomic mass is 35.5. The predicted octanol–water partition coefficient (Wildman–Crippen LogP) is 7.16. The van der Waals surface area contributed by atoms with Gasteiger partial charge in [0.15, 0.2) is 4.34 Å². The van der Waals surface area contributed by atoms with Gasteiger partial charge in [-0.3, -0.25) is 14.5 Å². The molecule has 1 aliphatic heterocycles. The summed E-state index contributed by atoms with van der Waals surface area (Å²) in [7, 11) is 0. The van der Waals surface area contributed by atoms with Crippen molar-refractivity contribution in [3.63, 3.8) is 0 Å². The van der Waals surface area contributed by atoms with Crippen LogP contribution < -0.4 is 9.64 Å². The largest absolute Gasteiger partial charge is 0.507 e. The monoisotopic (exact) mass is 597 g/mol. The van der Waals surface area contributed by atoms with Crippen molar-refractivity contribution >= 4 is 68.9 Å². The normalized spacial score (nSPS) is 16.6. The Morgan fingerprint density at radius 3 is 2.41 bits per heavy atom. The molecule has 7 nitrogen and oxygen atoms in total. The van der Waals surface area contributed by atoms with Gasteiger partial charge in [0.2, 0.25) is 5.13 Å². The van der Waals surface area contributed by atoms with Crippen LogP contribution in [-0.4, -0.2) is 33.6 Å². The van der Waals surface area contributed by atoms with Crippen LogP contribution in [0.15, 0.2) is 82.7 Å². The van der Waals surface area contributed by atoms with Gasteiger partial charge in [-0.1, -0.05) is 70.6 Å². The smallest absolute Gasteiger partial charge is 0.301 e. The molecule has 4 aromatic rings. The van der Waals surface area contributed by atoms with Gasteiger partial charge in [-0.15, -0.1) is 10.2 Å². The van der Waals surface area contributed by atoms with Crippen molar-refractivity contribution in [1.82, 2.24) is 10.2 Å². The third-order valence-corrected chi connectivity index (χ3v) is 8.56. The van der Waals surface area contributed by atoms with Crippen LogP contribution in [0.4, 0.5) is 5.13 Å². The van der Waals surface area contributed by atoms with Crippen molar-refractivity contribution in [2.45, 2.75) is 23.1 Å². The first-order chi connectivity index (χ1) is 18.9. The number of Topliss-reactive ketones (excluding diaryl/α,β-unsaturated/α-hetero) is 1. The first-order valence-electron chi connectivity index (χ1n) is 11.9. The summed E-state index contributed by atoms with van der Waals surface area (Å²) in [5.41, 5.74) is 1.94. The van der Waals surface area contributed by atoms with Gasteiger partial charge in [-0.2, -0.15) is 0 Å². The van der Waals surface area contributed by atoms with Crippen LogP contribution in [0, 0.1) is 0 Å². The van der Waals surface area contributed by atoms with Crippen LogP contribution in [0.2, 0.25) is 10.0 Å². The van der Waals surface area contributed by atoms with E-state index in [1.54, 1.807) is 48.5 Å². The molecule has 1 saturated heterocycles. The summed E-state index contributed by atoms with van der Waals surface area (Å²) >= 11 is 14.6. The number of halogens is 2. The summed E-state index contributed by atoms with van der Waals surface area (Å²) in [4.78, 5) is 28.1. The second-order valence-corrected chi connectivity index (χ2v) is 11.5. The van der Waals surface area contributed by atoms with Gasteiger partial charge in [0.25, 0.3) is 5.78 Å². The SMILES string of the molecule is CCOc1cccc(C2C(=C(O)c3ccc(Cl)cc3)C(=O)C(=O)N2c2nnc(SCc3ccc(Cl)cc3)s2)c1. The maximum Gasteiger partial charge on any atom is 0.301 e. The van der Waals surface area contributed by atoms with Crippen molar-refractivity contribution in [3.8, 4) is 5.75 Å². The van der Waals surface area contributed by atoms with E-state index in [0.717, 1.165) is 5.56 Å². The van der Waals surface area contributed by atoms with Gasteiger partial charge in [-0.25, -0.2) is 0 Å². The maximum atomic E-state index is 13.4. The summed E-state index contributed by atoms with van der Waals surface area (Å²) < 4.78 is 6.29. The number of thioether (sulfide) groups is 1. The second-order valence-electron chi connectivity index (χ2n) is 8.45. The molecule has 2 heterocycles. The lowest BCUT2D eigenvalue weighted by Crippen LogP contribution is -2.29. The first-order valence-corrected chi connectivity index (χ1v) is 14.4. The zero-order valence-corrected chi connectivity index (χ0v) is 23.7. The quantitative estimate of drug-likeness (QED) is 0.0756. The summed E-state index contributed by atoms with van der Waals surface area (Å²) in [5, 5.41) is 21.1. The van der Waals surface area contributed by atoms with E-state index >= 15 is 0 Å². The fourth-order valence-corrected chi connectivity index (χ4v) is 6.21. The van der Waals surface area contributed by atoms with Gasteiger partial charge >= 0.3 is 5.91 Å². The van der Waals surface area contributed by atoms with E-state index in [4.69, 9.17) is 27.9 Å². The molecule has 0 spiro atoms. The molecule has 5 rings (SSSR count). The lowest BCUT2D eigenvalue weighted by molar-refractivity contribution is -0.132. The lowest BCUT2D eigenvalue weighted by atomic mass is 9.95. The van der Waals surface area contributed by atoms with Gasteiger partial charge in [-0.05, 0) is 66.6 Å². The molecule has 1 fully saturated rings. The zero-order valence-electron chi connectivity index (χ0n) is 20.5. The number of aliphatic hydroxyl groups is 1. The number of hydrogen-bond donors (Lipinski definition) is 1. The Morgan fingerprint density at radius 2 is 1.72 bits per heavy atom. The Morgan fingerprint density at radius 1 is 1.03 bits per heavy atom. The molecule has 11 heteroatoms. The lowest BCUT2D eigenvalue weighted by Gasteiger charge is -2.23. The maximum absolute atomic E-state index is 13.4. The van der Waals surface area contributed by atoms with Gasteiger partial charge < -0.3 is 9.84 Å². The van der Waals surface area contributed by atoms with E-state index in [0.29, 0.717) is 43.6 Å². The van der Waals surface area contributed by atoms with E-state index in [9.17, 15) is 14.7 Å². The average molecular weight is 599 g/mol. The van der Waals surface area contributed by atoms with Crippen molar-refractivity contribution < 1.29 is 19.4 Å². The highest BCUT2D eigenvalue weighted by molar-refractivity contribution is 8.00. The van der Waals surface area contributed by atoms with Crippen LogP contribution in [0.5, 0.6) is 5.75 Å². The van der Waals surface area contributed by atoms with E-state index in [1.807, 2.05) is 31.2 Å². The Balaban J connectivity index is 1.54. The minimum atomic E-state index is -0.942. The van der Waals surface area contributed by atoms with Crippen LogP contribution >= 0.6 is 46.3 Å². The molecule has 0 aliphatic carbocycles. The molecule has 1 N–H and O–H groups in total. The number of ether oxygens (including phenoxy) is 1. The topological polar surface area (TPSA) is 92.6 Å². The van der Waals surface area contributed by atoms with Crippen molar-refractivity contribution in [3.05, 3.63) is 105 Å². The number of carbonyl (C=O) groups excluding carboxylic acids is 2. The highest BCUT2D eigenvalue weighted by Crippen LogP contribution is 2.44. The molecule has 39 heavy (non-hydrogen) atoms. The standard InChI is InChI=1S/C28H21Cl2N3O4S2/c1-2-37-21-5-3-4-18(14-21)23-22(24(34)17-8-12-20(30)13-9-17)25(35)26(36)33(23)27-31-32-28(39-27)38-15-16-6-10-19(29)11-7-16/h3-14,23,34H,2,15H2,1H3. The third-order valence-electron chi connectivity index (χ3n) is 5.92.